The Balaban J connectivity index is 2.42. The van der Waals surface area contributed by atoms with E-state index in [2.05, 4.69) is 5.10 Å². The van der Waals surface area contributed by atoms with Gasteiger partial charge in [-0.05, 0) is 31.2 Å². The number of aromatic nitrogens is 2. The molecular formula is C13H13FN2O3. The van der Waals surface area contributed by atoms with Crippen LogP contribution in [0.3, 0.4) is 0 Å². The second-order valence-electron chi connectivity index (χ2n) is 3.92. The SMILES string of the molecule is CCOc1ccc(-c2cc(C(=O)O)nn2C)cc1F. The number of rotatable bonds is 4. The highest BCUT2D eigenvalue weighted by atomic mass is 19.1. The third-order valence-corrected chi connectivity index (χ3v) is 2.63. The number of hydrogen-bond acceptors (Lipinski definition) is 3. The van der Waals surface area contributed by atoms with Crippen molar-refractivity contribution in [3.63, 3.8) is 0 Å². The van der Waals surface area contributed by atoms with Crippen LogP contribution in [0.15, 0.2) is 24.3 Å². The first kappa shape index (κ1) is 13.1. The van der Waals surface area contributed by atoms with Crippen molar-refractivity contribution in [3.8, 4) is 17.0 Å². The molecule has 0 aliphatic rings. The number of nitrogens with zero attached hydrogens (tertiary/aromatic N) is 2. The molecule has 2 aromatic rings. The summed E-state index contributed by atoms with van der Waals surface area (Å²) < 4.78 is 20.3. The van der Waals surface area contributed by atoms with Gasteiger partial charge in [0, 0.05) is 12.6 Å². The molecule has 0 aliphatic carbocycles. The molecule has 0 amide bonds. The monoisotopic (exact) mass is 264 g/mol. The maximum absolute atomic E-state index is 13.7. The molecule has 1 aromatic carbocycles. The third kappa shape index (κ3) is 2.57. The fourth-order valence-electron chi connectivity index (χ4n) is 1.77. The molecule has 0 saturated carbocycles. The molecule has 1 heterocycles. The summed E-state index contributed by atoms with van der Waals surface area (Å²) in [5.41, 5.74) is 0.995. The number of carboxylic acids is 1. The highest BCUT2D eigenvalue weighted by molar-refractivity contribution is 5.87. The summed E-state index contributed by atoms with van der Waals surface area (Å²) in [6, 6.07) is 5.88. The van der Waals surface area contributed by atoms with Gasteiger partial charge in [-0.3, -0.25) is 4.68 Å². The minimum atomic E-state index is -1.12. The number of hydrogen-bond donors (Lipinski definition) is 1. The lowest BCUT2D eigenvalue weighted by Gasteiger charge is -2.07. The molecule has 6 heteroatoms. The number of aromatic carboxylic acids is 1. The van der Waals surface area contributed by atoms with Crippen molar-refractivity contribution in [2.45, 2.75) is 6.92 Å². The molecule has 100 valence electrons. The number of benzene rings is 1. The van der Waals surface area contributed by atoms with Crippen molar-refractivity contribution in [1.82, 2.24) is 9.78 Å². The molecule has 2 rings (SSSR count). The Labute approximate surface area is 109 Å². The first-order valence-corrected chi connectivity index (χ1v) is 5.73. The van der Waals surface area contributed by atoms with Crippen LogP contribution in [0.5, 0.6) is 5.75 Å². The van der Waals surface area contributed by atoms with Gasteiger partial charge in [0.05, 0.1) is 12.3 Å². The van der Waals surface area contributed by atoms with Crippen LogP contribution in [0.1, 0.15) is 17.4 Å². The molecule has 0 atom stereocenters. The molecule has 1 aromatic heterocycles. The fourth-order valence-corrected chi connectivity index (χ4v) is 1.77. The maximum atomic E-state index is 13.7. The largest absolute Gasteiger partial charge is 0.491 e. The van der Waals surface area contributed by atoms with Crippen LogP contribution in [-0.2, 0) is 7.05 Å². The Morgan fingerprint density at radius 2 is 2.21 bits per heavy atom. The van der Waals surface area contributed by atoms with E-state index in [1.807, 2.05) is 0 Å². The topological polar surface area (TPSA) is 64.3 Å². The molecule has 0 spiro atoms. The third-order valence-electron chi connectivity index (χ3n) is 2.63. The van der Waals surface area contributed by atoms with Gasteiger partial charge < -0.3 is 9.84 Å². The zero-order chi connectivity index (χ0) is 14.0. The molecule has 0 saturated heterocycles. The summed E-state index contributed by atoms with van der Waals surface area (Å²) in [6.07, 6.45) is 0. The van der Waals surface area contributed by atoms with Gasteiger partial charge in [-0.25, -0.2) is 9.18 Å². The summed E-state index contributed by atoms with van der Waals surface area (Å²) in [5, 5.41) is 12.7. The molecule has 0 unspecified atom stereocenters. The highest BCUT2D eigenvalue weighted by Crippen LogP contribution is 2.26. The molecule has 19 heavy (non-hydrogen) atoms. The van der Waals surface area contributed by atoms with E-state index < -0.39 is 11.8 Å². The predicted octanol–water partition coefficient (Wildman–Crippen LogP) is 2.32. The Morgan fingerprint density at radius 3 is 2.74 bits per heavy atom. The smallest absolute Gasteiger partial charge is 0.356 e. The van der Waals surface area contributed by atoms with Crippen LogP contribution in [0.4, 0.5) is 4.39 Å². The lowest BCUT2D eigenvalue weighted by Crippen LogP contribution is -1.99. The Bertz CT molecular complexity index is 622. The van der Waals surface area contributed by atoms with Gasteiger partial charge in [0.1, 0.15) is 0 Å². The average molecular weight is 264 g/mol. The molecular weight excluding hydrogens is 251 g/mol. The number of carboxylic acid groups (broad SMARTS) is 1. The second-order valence-corrected chi connectivity index (χ2v) is 3.92. The molecule has 0 bridgehead atoms. The number of ether oxygens (including phenoxy) is 1. The molecule has 0 fully saturated rings. The summed E-state index contributed by atoms with van der Waals surface area (Å²) >= 11 is 0. The molecule has 5 nitrogen and oxygen atoms in total. The van der Waals surface area contributed by atoms with E-state index in [1.54, 1.807) is 20.0 Å². The van der Waals surface area contributed by atoms with Gasteiger partial charge in [-0.1, -0.05) is 0 Å². The zero-order valence-corrected chi connectivity index (χ0v) is 10.6. The zero-order valence-electron chi connectivity index (χ0n) is 10.6. The first-order valence-electron chi connectivity index (χ1n) is 5.73. The predicted molar refractivity (Wildman–Crippen MR) is 66.7 cm³/mol. The molecule has 1 N–H and O–H groups in total. The molecule has 0 aliphatic heterocycles. The summed E-state index contributed by atoms with van der Waals surface area (Å²) in [6.45, 7) is 2.15. The van der Waals surface area contributed by atoms with E-state index in [9.17, 15) is 9.18 Å². The Hall–Kier alpha value is -2.37. The van der Waals surface area contributed by atoms with Crippen LogP contribution < -0.4 is 4.74 Å². The van der Waals surface area contributed by atoms with E-state index in [0.717, 1.165) is 0 Å². The Morgan fingerprint density at radius 1 is 1.47 bits per heavy atom. The van der Waals surface area contributed by atoms with Crippen LogP contribution in [-0.4, -0.2) is 27.5 Å². The van der Waals surface area contributed by atoms with Gasteiger partial charge in [-0.2, -0.15) is 5.10 Å². The minimum Gasteiger partial charge on any atom is -0.491 e. The van der Waals surface area contributed by atoms with Gasteiger partial charge in [0.25, 0.3) is 0 Å². The minimum absolute atomic E-state index is 0.0770. The Kier molecular flexibility index (Phi) is 3.50. The maximum Gasteiger partial charge on any atom is 0.356 e. The number of halogens is 1. The van der Waals surface area contributed by atoms with Crippen LogP contribution >= 0.6 is 0 Å². The van der Waals surface area contributed by atoms with Crippen molar-refractivity contribution in [2.24, 2.45) is 7.05 Å². The first-order chi connectivity index (χ1) is 9.02. The lowest BCUT2D eigenvalue weighted by molar-refractivity contribution is 0.0689. The van der Waals surface area contributed by atoms with Crippen molar-refractivity contribution in [3.05, 3.63) is 35.8 Å². The fraction of sp³-hybridized carbons (Fsp3) is 0.231. The second kappa shape index (κ2) is 5.09. The van der Waals surface area contributed by atoms with Crippen molar-refractivity contribution < 1.29 is 19.0 Å². The quantitative estimate of drug-likeness (QED) is 0.920. The summed E-state index contributed by atoms with van der Waals surface area (Å²) in [5.74, 6) is -1.43. The number of carbonyl (C=O) groups is 1. The van der Waals surface area contributed by atoms with Gasteiger partial charge >= 0.3 is 5.97 Å². The van der Waals surface area contributed by atoms with E-state index in [1.165, 1.54) is 22.9 Å². The van der Waals surface area contributed by atoms with Crippen molar-refractivity contribution in [1.29, 1.82) is 0 Å². The summed E-state index contributed by atoms with van der Waals surface area (Å²) in [7, 11) is 1.61. The van der Waals surface area contributed by atoms with Gasteiger partial charge in [0.2, 0.25) is 0 Å². The average Bonchev–Trinajstić information content (AvgIpc) is 2.74. The van der Waals surface area contributed by atoms with E-state index in [4.69, 9.17) is 9.84 Å². The number of aryl methyl sites for hydroxylation is 1. The van der Waals surface area contributed by atoms with Crippen LogP contribution in [0.25, 0.3) is 11.3 Å². The van der Waals surface area contributed by atoms with Crippen molar-refractivity contribution in [2.75, 3.05) is 6.61 Å². The van der Waals surface area contributed by atoms with Crippen LogP contribution in [0.2, 0.25) is 0 Å². The van der Waals surface area contributed by atoms with Crippen molar-refractivity contribution >= 4 is 5.97 Å². The van der Waals surface area contributed by atoms with Gasteiger partial charge in [-0.15, -0.1) is 0 Å². The van der Waals surface area contributed by atoms with E-state index >= 15 is 0 Å². The van der Waals surface area contributed by atoms with Gasteiger partial charge in [0.15, 0.2) is 17.3 Å². The molecule has 0 radical (unpaired) electrons. The van der Waals surface area contributed by atoms with E-state index in [0.29, 0.717) is 17.9 Å². The van der Waals surface area contributed by atoms with E-state index in [-0.39, 0.29) is 11.4 Å². The normalized spacial score (nSPS) is 10.5. The lowest BCUT2D eigenvalue weighted by atomic mass is 10.1. The summed E-state index contributed by atoms with van der Waals surface area (Å²) in [4.78, 5) is 10.8. The standard InChI is InChI=1S/C13H13FN2O3/c1-3-19-12-5-4-8(6-9(12)14)11-7-10(13(17)18)15-16(11)2/h4-7H,3H2,1-2H3,(H,17,18). The van der Waals surface area contributed by atoms with Crippen LogP contribution in [0, 0.1) is 5.82 Å². The highest BCUT2D eigenvalue weighted by Gasteiger charge is 2.14.